The van der Waals surface area contributed by atoms with Crippen molar-refractivity contribution in [1.29, 1.82) is 0 Å². The Morgan fingerprint density at radius 2 is 1.85 bits per heavy atom. The fourth-order valence-electron chi connectivity index (χ4n) is 4.77. The van der Waals surface area contributed by atoms with Crippen molar-refractivity contribution in [3.63, 3.8) is 0 Å². The molecule has 27 heavy (non-hydrogen) atoms. The monoisotopic (exact) mass is 404 g/mol. The lowest BCUT2D eigenvalue weighted by Gasteiger charge is -2.29. The van der Waals surface area contributed by atoms with Crippen molar-refractivity contribution >= 4 is 23.6 Å². The lowest BCUT2D eigenvalue weighted by Crippen LogP contribution is -2.32. The van der Waals surface area contributed by atoms with Crippen LogP contribution in [0.3, 0.4) is 0 Å². The molecule has 0 aromatic carbocycles. The van der Waals surface area contributed by atoms with Crippen molar-refractivity contribution < 1.29 is 0 Å². The van der Waals surface area contributed by atoms with Crippen molar-refractivity contribution in [2.24, 2.45) is 5.92 Å². The Hall–Kier alpha value is -0.980. The van der Waals surface area contributed by atoms with Crippen LogP contribution in [0.15, 0.2) is 16.8 Å². The minimum absolute atomic E-state index is 0.427. The topological polar surface area (TPSA) is 26.0 Å². The van der Waals surface area contributed by atoms with E-state index in [1.165, 1.54) is 70.0 Å². The first-order chi connectivity index (χ1) is 13.2. The van der Waals surface area contributed by atoms with Crippen LogP contribution in [0.4, 0.5) is 0 Å². The Labute approximate surface area is 172 Å². The van der Waals surface area contributed by atoms with Gasteiger partial charge in [0.25, 0.3) is 0 Å². The molecule has 0 amide bonds. The van der Waals surface area contributed by atoms with Crippen molar-refractivity contribution in [2.75, 3.05) is 19.6 Å². The molecule has 2 fully saturated rings. The number of hydrogen-bond donors (Lipinski definition) is 0. The molecule has 148 valence electrons. The molecule has 2 aliphatic rings. The molecule has 0 radical (unpaired) electrons. The molecule has 6 heteroatoms. The standard InChI is InChI=1S/C21H32N4S2/c1-17(18-8-4-2-5-9-18)25-20(19-10-15-27-16-19)22-24(21(25)26)14-13-23-11-6-3-7-12-23/h10,15-18H,2-9,11-14H2,1H3/t17-/m1/s1. The number of thiophene rings is 1. The van der Waals surface area contributed by atoms with E-state index >= 15 is 0 Å². The highest BCUT2D eigenvalue weighted by Crippen LogP contribution is 2.35. The highest BCUT2D eigenvalue weighted by Gasteiger charge is 2.26. The Balaban J connectivity index is 1.59. The van der Waals surface area contributed by atoms with E-state index < -0.39 is 0 Å². The van der Waals surface area contributed by atoms with Gasteiger partial charge >= 0.3 is 0 Å². The Bertz CT molecular complexity index is 765. The summed E-state index contributed by atoms with van der Waals surface area (Å²) < 4.78 is 5.37. The summed E-state index contributed by atoms with van der Waals surface area (Å²) in [4.78, 5) is 2.57. The molecule has 2 aromatic rings. The molecule has 0 bridgehead atoms. The van der Waals surface area contributed by atoms with Crippen LogP contribution in [-0.4, -0.2) is 38.9 Å². The van der Waals surface area contributed by atoms with E-state index in [2.05, 4.69) is 37.9 Å². The van der Waals surface area contributed by atoms with Gasteiger partial charge in [-0.2, -0.15) is 16.4 Å². The van der Waals surface area contributed by atoms with Crippen LogP contribution in [-0.2, 0) is 6.54 Å². The van der Waals surface area contributed by atoms with Gasteiger partial charge in [0.15, 0.2) is 10.6 Å². The second kappa shape index (κ2) is 9.01. The van der Waals surface area contributed by atoms with Gasteiger partial charge in [-0.3, -0.25) is 4.57 Å². The third kappa shape index (κ3) is 4.38. The molecule has 0 N–H and O–H groups in total. The Morgan fingerprint density at radius 1 is 1.11 bits per heavy atom. The molecule has 0 spiro atoms. The first kappa shape index (κ1) is 19.3. The van der Waals surface area contributed by atoms with Crippen LogP contribution in [0.5, 0.6) is 0 Å². The Morgan fingerprint density at radius 3 is 2.56 bits per heavy atom. The van der Waals surface area contributed by atoms with Gasteiger partial charge in [0.05, 0.1) is 6.54 Å². The summed E-state index contributed by atoms with van der Waals surface area (Å²) in [5, 5.41) is 9.35. The summed E-state index contributed by atoms with van der Waals surface area (Å²) in [6.07, 6.45) is 10.8. The van der Waals surface area contributed by atoms with Gasteiger partial charge in [-0.15, -0.1) is 0 Å². The van der Waals surface area contributed by atoms with Crippen LogP contribution in [0.1, 0.15) is 64.3 Å². The molecule has 2 aromatic heterocycles. The first-order valence-corrected chi connectivity index (χ1v) is 12.0. The number of aromatic nitrogens is 3. The van der Waals surface area contributed by atoms with Crippen LogP contribution in [0, 0.1) is 10.7 Å². The molecule has 1 saturated carbocycles. The van der Waals surface area contributed by atoms with E-state index in [4.69, 9.17) is 17.3 Å². The minimum Gasteiger partial charge on any atom is -0.301 e. The quantitative estimate of drug-likeness (QED) is 0.572. The zero-order chi connectivity index (χ0) is 18.6. The van der Waals surface area contributed by atoms with E-state index in [0.717, 1.165) is 29.6 Å². The van der Waals surface area contributed by atoms with Gasteiger partial charge in [-0.05, 0) is 75.3 Å². The molecule has 3 heterocycles. The fraction of sp³-hybridized carbons (Fsp3) is 0.714. The van der Waals surface area contributed by atoms with Crippen LogP contribution in [0.2, 0.25) is 0 Å². The Kier molecular flexibility index (Phi) is 6.46. The molecule has 1 aliphatic heterocycles. The summed E-state index contributed by atoms with van der Waals surface area (Å²) in [5.41, 5.74) is 1.21. The SMILES string of the molecule is C[C@H](C1CCCCC1)n1c(-c2ccsc2)nn(CCN2CCCCC2)c1=S. The fourth-order valence-corrected chi connectivity index (χ4v) is 5.79. The summed E-state index contributed by atoms with van der Waals surface area (Å²) in [7, 11) is 0. The maximum atomic E-state index is 5.95. The molecule has 1 aliphatic carbocycles. The average molecular weight is 405 g/mol. The number of rotatable bonds is 6. The summed E-state index contributed by atoms with van der Waals surface area (Å²) >= 11 is 7.68. The predicted octanol–water partition coefficient (Wildman–Crippen LogP) is 5.77. The van der Waals surface area contributed by atoms with Gasteiger partial charge in [-0.25, -0.2) is 4.68 Å². The minimum atomic E-state index is 0.427. The lowest BCUT2D eigenvalue weighted by molar-refractivity contribution is 0.216. The normalized spacial score (nSPS) is 20.8. The molecular formula is C21H32N4S2. The highest BCUT2D eigenvalue weighted by molar-refractivity contribution is 7.71. The molecule has 1 saturated heterocycles. The number of likely N-dealkylation sites (tertiary alicyclic amines) is 1. The maximum absolute atomic E-state index is 5.95. The smallest absolute Gasteiger partial charge is 0.198 e. The lowest BCUT2D eigenvalue weighted by atomic mass is 9.84. The van der Waals surface area contributed by atoms with E-state index in [9.17, 15) is 0 Å². The summed E-state index contributed by atoms with van der Waals surface area (Å²) in [6, 6.07) is 2.61. The number of piperidine rings is 1. The molecule has 4 nitrogen and oxygen atoms in total. The highest BCUT2D eigenvalue weighted by atomic mass is 32.1. The summed E-state index contributed by atoms with van der Waals surface area (Å²) in [5.74, 6) is 1.79. The van der Waals surface area contributed by atoms with Crippen molar-refractivity contribution in [3.05, 3.63) is 21.6 Å². The van der Waals surface area contributed by atoms with E-state index in [0.29, 0.717) is 6.04 Å². The van der Waals surface area contributed by atoms with E-state index in [1.807, 2.05) is 0 Å². The number of nitrogens with zero attached hydrogens (tertiary/aromatic N) is 4. The van der Waals surface area contributed by atoms with Gasteiger partial charge in [0, 0.05) is 23.5 Å². The summed E-state index contributed by atoms with van der Waals surface area (Å²) in [6.45, 7) is 6.78. The van der Waals surface area contributed by atoms with E-state index in [-0.39, 0.29) is 0 Å². The van der Waals surface area contributed by atoms with Crippen LogP contribution >= 0.6 is 23.6 Å². The van der Waals surface area contributed by atoms with Gasteiger partial charge in [0.1, 0.15) is 0 Å². The van der Waals surface area contributed by atoms with Crippen molar-refractivity contribution in [2.45, 2.75) is 70.9 Å². The van der Waals surface area contributed by atoms with Gasteiger partial charge in [0.2, 0.25) is 0 Å². The third-order valence-electron chi connectivity index (χ3n) is 6.47. The third-order valence-corrected chi connectivity index (χ3v) is 7.56. The van der Waals surface area contributed by atoms with Gasteiger partial charge in [-0.1, -0.05) is 25.7 Å². The molecular weight excluding hydrogens is 372 g/mol. The predicted molar refractivity (Wildman–Crippen MR) is 116 cm³/mol. The van der Waals surface area contributed by atoms with E-state index in [1.54, 1.807) is 11.3 Å². The molecule has 1 atom stereocenters. The second-order valence-corrected chi connectivity index (χ2v) is 9.40. The average Bonchev–Trinajstić information content (AvgIpc) is 3.35. The molecule has 0 unspecified atom stereocenters. The second-order valence-electron chi connectivity index (χ2n) is 8.25. The zero-order valence-corrected chi connectivity index (χ0v) is 18.1. The number of hydrogen-bond acceptors (Lipinski definition) is 4. The van der Waals surface area contributed by atoms with Crippen molar-refractivity contribution in [3.8, 4) is 11.4 Å². The first-order valence-electron chi connectivity index (χ1n) is 10.7. The van der Waals surface area contributed by atoms with Crippen LogP contribution < -0.4 is 0 Å². The van der Waals surface area contributed by atoms with Crippen LogP contribution in [0.25, 0.3) is 11.4 Å². The molecule has 4 rings (SSSR count). The largest absolute Gasteiger partial charge is 0.301 e. The maximum Gasteiger partial charge on any atom is 0.198 e. The van der Waals surface area contributed by atoms with Gasteiger partial charge < -0.3 is 4.90 Å². The van der Waals surface area contributed by atoms with Crippen molar-refractivity contribution in [1.82, 2.24) is 19.2 Å². The zero-order valence-electron chi connectivity index (χ0n) is 16.5.